The van der Waals surface area contributed by atoms with Gasteiger partial charge in [-0.1, -0.05) is 0 Å². The van der Waals surface area contributed by atoms with Gasteiger partial charge in [-0.25, -0.2) is 0 Å². The van der Waals surface area contributed by atoms with Crippen molar-refractivity contribution in [3.8, 4) is 0 Å². The standard InChI is InChI=1S/C6H4Cl3F9Si/c7-19(8,9)2-1-3(10,11)4(12,13)5(14,15)6(16,17)18/h1-2H2. The average Bonchev–Trinajstić information content (AvgIpc) is 2.11. The summed E-state index contributed by atoms with van der Waals surface area (Å²) in [6.07, 6.45) is -8.94. The number of alkyl halides is 9. The summed E-state index contributed by atoms with van der Waals surface area (Å²) >= 11 is 15.2. The van der Waals surface area contributed by atoms with Crippen molar-refractivity contribution >= 4 is 39.2 Å². The highest BCUT2D eigenvalue weighted by molar-refractivity contribution is 7.64. The fourth-order valence-electron chi connectivity index (χ4n) is 0.863. The predicted molar refractivity (Wildman–Crippen MR) is 53.6 cm³/mol. The van der Waals surface area contributed by atoms with Crippen LogP contribution < -0.4 is 0 Å². The van der Waals surface area contributed by atoms with Crippen LogP contribution >= 0.6 is 33.2 Å². The molecule has 0 fully saturated rings. The minimum absolute atomic E-state index is 1.20. The van der Waals surface area contributed by atoms with E-state index in [4.69, 9.17) is 33.2 Å². The largest absolute Gasteiger partial charge is 0.460 e. The molecule has 0 aromatic rings. The van der Waals surface area contributed by atoms with Crippen molar-refractivity contribution in [2.75, 3.05) is 0 Å². The molecule has 0 nitrogen and oxygen atoms in total. The second-order valence-electron chi connectivity index (χ2n) is 3.47. The monoisotopic (exact) mass is 380 g/mol. The van der Waals surface area contributed by atoms with Crippen LogP contribution in [-0.2, 0) is 0 Å². The molecule has 116 valence electrons. The normalized spacial score (nSPS) is 15.8. The van der Waals surface area contributed by atoms with Gasteiger partial charge >= 0.3 is 29.9 Å². The van der Waals surface area contributed by atoms with Crippen molar-refractivity contribution < 1.29 is 39.5 Å². The van der Waals surface area contributed by atoms with Crippen molar-refractivity contribution in [3.63, 3.8) is 0 Å². The topological polar surface area (TPSA) is 0 Å². The van der Waals surface area contributed by atoms with E-state index in [1.165, 1.54) is 0 Å². The van der Waals surface area contributed by atoms with Gasteiger partial charge in [0.15, 0.2) is 0 Å². The van der Waals surface area contributed by atoms with E-state index >= 15 is 0 Å². The van der Waals surface area contributed by atoms with Gasteiger partial charge in [0.1, 0.15) is 0 Å². The highest BCUT2D eigenvalue weighted by Gasteiger charge is 2.81. The van der Waals surface area contributed by atoms with E-state index in [2.05, 4.69) is 0 Å². The van der Waals surface area contributed by atoms with Crippen LogP contribution in [0.4, 0.5) is 39.5 Å². The number of rotatable bonds is 5. The van der Waals surface area contributed by atoms with Gasteiger partial charge in [-0.3, -0.25) is 0 Å². The lowest BCUT2D eigenvalue weighted by molar-refractivity contribution is -0.396. The van der Waals surface area contributed by atoms with Crippen LogP contribution in [0.3, 0.4) is 0 Å². The third-order valence-corrected chi connectivity index (χ3v) is 4.45. The Balaban J connectivity index is 5.28. The molecule has 0 saturated carbocycles. The van der Waals surface area contributed by atoms with Gasteiger partial charge in [-0.2, -0.15) is 39.5 Å². The Morgan fingerprint density at radius 2 is 1.05 bits per heavy atom. The van der Waals surface area contributed by atoms with E-state index in [9.17, 15) is 39.5 Å². The number of halogens is 12. The highest BCUT2D eigenvalue weighted by atomic mass is 35.8. The van der Waals surface area contributed by atoms with Crippen molar-refractivity contribution in [1.82, 2.24) is 0 Å². The summed E-state index contributed by atoms with van der Waals surface area (Å²) in [4.78, 5) is 0. The first kappa shape index (κ1) is 19.5. The van der Waals surface area contributed by atoms with E-state index in [0.29, 0.717) is 0 Å². The molecule has 0 N–H and O–H groups in total. The first-order valence-electron chi connectivity index (χ1n) is 4.22. The van der Waals surface area contributed by atoms with E-state index in [0.717, 1.165) is 0 Å². The molecule has 0 saturated heterocycles. The molecule has 0 atom stereocenters. The van der Waals surface area contributed by atoms with Gasteiger partial charge in [-0.15, -0.1) is 33.2 Å². The van der Waals surface area contributed by atoms with Crippen LogP contribution in [-0.4, -0.2) is 29.9 Å². The summed E-state index contributed by atoms with van der Waals surface area (Å²) in [6, 6.07) is -5.07. The molecule has 0 aromatic heterocycles. The molecule has 0 aliphatic rings. The van der Waals surface area contributed by atoms with Gasteiger partial charge in [-0.05, 0) is 6.04 Å². The van der Waals surface area contributed by atoms with Gasteiger partial charge in [0.25, 0.3) is 0 Å². The van der Waals surface area contributed by atoms with Crippen molar-refractivity contribution in [3.05, 3.63) is 0 Å². The molecule has 0 aliphatic carbocycles. The van der Waals surface area contributed by atoms with E-state index in [1.807, 2.05) is 0 Å². The average molecular weight is 382 g/mol. The van der Waals surface area contributed by atoms with E-state index in [-0.39, 0.29) is 0 Å². The van der Waals surface area contributed by atoms with Crippen molar-refractivity contribution in [2.24, 2.45) is 0 Å². The summed E-state index contributed by atoms with van der Waals surface area (Å²) in [7, 11) is 0. The Hall–Kier alpha value is 0.457. The van der Waals surface area contributed by atoms with Gasteiger partial charge < -0.3 is 0 Å². The molecule has 0 bridgehead atoms. The minimum atomic E-state index is -6.90. The first-order valence-corrected chi connectivity index (χ1v) is 9.47. The maximum absolute atomic E-state index is 12.9. The number of hydrogen-bond acceptors (Lipinski definition) is 0. The molecular weight excluding hydrogens is 377 g/mol. The fourth-order valence-corrected chi connectivity index (χ4v) is 2.31. The summed E-state index contributed by atoms with van der Waals surface area (Å²) in [5, 5.41) is 0. The van der Waals surface area contributed by atoms with Gasteiger partial charge in [0, 0.05) is 6.42 Å². The molecule has 19 heavy (non-hydrogen) atoms. The molecule has 0 heterocycles. The Kier molecular flexibility index (Phi) is 5.47. The van der Waals surface area contributed by atoms with Crippen LogP contribution in [0.25, 0.3) is 0 Å². The summed E-state index contributed by atoms with van der Waals surface area (Å²) in [6.45, 7) is 0. The summed E-state index contributed by atoms with van der Waals surface area (Å²) < 4.78 is 111. The Morgan fingerprint density at radius 1 is 0.684 bits per heavy atom. The Morgan fingerprint density at radius 3 is 1.32 bits per heavy atom. The molecule has 0 unspecified atom stereocenters. The molecule has 13 heteroatoms. The SMILES string of the molecule is FC(F)(F)C(F)(F)C(F)(F)C(F)(F)CC[Si](Cl)(Cl)Cl. The smallest absolute Gasteiger partial charge is 0.200 e. The third kappa shape index (κ3) is 4.21. The highest BCUT2D eigenvalue weighted by Crippen LogP contribution is 2.54. The van der Waals surface area contributed by atoms with Gasteiger partial charge in [0.05, 0.1) is 0 Å². The third-order valence-electron chi connectivity index (χ3n) is 1.93. The second kappa shape index (κ2) is 5.34. The number of hydrogen-bond donors (Lipinski definition) is 0. The van der Waals surface area contributed by atoms with Crippen molar-refractivity contribution in [1.29, 1.82) is 0 Å². The molecule has 0 aromatic carbocycles. The Bertz CT molecular complexity index is 321. The van der Waals surface area contributed by atoms with Crippen LogP contribution in [0, 0.1) is 0 Å². The lowest BCUT2D eigenvalue weighted by Crippen LogP contribution is -2.60. The molecule has 0 rings (SSSR count). The van der Waals surface area contributed by atoms with Crippen LogP contribution in [0.1, 0.15) is 6.42 Å². The molecule has 0 aliphatic heterocycles. The second-order valence-corrected chi connectivity index (χ2v) is 12.7. The zero-order valence-electron chi connectivity index (χ0n) is 8.45. The predicted octanol–water partition coefficient (Wildman–Crippen LogP) is 5.50. The lowest BCUT2D eigenvalue weighted by atomic mass is 10.0. The Labute approximate surface area is 115 Å². The molecular formula is C6H4Cl3F9Si. The molecule has 0 radical (unpaired) electrons. The fraction of sp³-hybridized carbons (Fsp3) is 1.00. The first-order chi connectivity index (χ1) is 7.96. The summed E-state index contributed by atoms with van der Waals surface area (Å²) in [5.41, 5.74) is 0. The van der Waals surface area contributed by atoms with Crippen LogP contribution in [0.15, 0.2) is 0 Å². The zero-order chi connectivity index (χ0) is 15.9. The lowest BCUT2D eigenvalue weighted by Gasteiger charge is -2.33. The quantitative estimate of drug-likeness (QED) is 0.335. The molecule has 0 amide bonds. The maximum Gasteiger partial charge on any atom is 0.460 e. The van der Waals surface area contributed by atoms with Crippen molar-refractivity contribution in [2.45, 2.75) is 36.4 Å². The van der Waals surface area contributed by atoms with Crippen LogP contribution in [0.5, 0.6) is 0 Å². The van der Waals surface area contributed by atoms with Crippen LogP contribution in [0.2, 0.25) is 6.04 Å². The maximum atomic E-state index is 12.9. The van der Waals surface area contributed by atoms with E-state index < -0.39 is 42.4 Å². The molecule has 0 spiro atoms. The zero-order valence-corrected chi connectivity index (χ0v) is 11.7. The van der Waals surface area contributed by atoms with Gasteiger partial charge in [0.2, 0.25) is 0 Å². The van der Waals surface area contributed by atoms with E-state index in [1.54, 1.807) is 0 Å². The summed E-state index contributed by atoms with van der Waals surface area (Å²) in [5.74, 6) is -19.2. The minimum Gasteiger partial charge on any atom is -0.200 e.